The summed E-state index contributed by atoms with van der Waals surface area (Å²) in [4.78, 5) is 20.4. The molecule has 0 aliphatic heterocycles. The van der Waals surface area contributed by atoms with E-state index in [4.69, 9.17) is 4.74 Å². The van der Waals surface area contributed by atoms with E-state index in [9.17, 15) is 10.1 Å². The van der Waals surface area contributed by atoms with Gasteiger partial charge in [0.1, 0.15) is 11.5 Å². The van der Waals surface area contributed by atoms with Crippen LogP contribution >= 0.6 is 0 Å². The lowest BCUT2D eigenvalue weighted by atomic mass is 10.2. The van der Waals surface area contributed by atoms with E-state index in [0.29, 0.717) is 22.9 Å². The third-order valence-electron chi connectivity index (χ3n) is 2.74. The van der Waals surface area contributed by atoms with Gasteiger partial charge >= 0.3 is 0 Å². The molecule has 2 rings (SSSR count). The van der Waals surface area contributed by atoms with Crippen LogP contribution < -0.4 is 4.74 Å². The lowest BCUT2D eigenvalue weighted by Crippen LogP contribution is -2.07. The molecule has 1 heterocycles. The van der Waals surface area contributed by atoms with Gasteiger partial charge in [-0.25, -0.2) is 9.98 Å². The molecule has 0 atom stereocenters. The van der Waals surface area contributed by atoms with Crippen molar-refractivity contribution in [3.8, 4) is 11.5 Å². The average Bonchev–Trinajstić information content (AvgIpc) is 2.47. The third kappa shape index (κ3) is 4.02. The Bertz CT molecular complexity index is 714. The summed E-state index contributed by atoms with van der Waals surface area (Å²) in [6.07, 6.45) is 3.24. The van der Waals surface area contributed by atoms with E-state index in [1.54, 1.807) is 42.6 Å². The Hall–Kier alpha value is -2.96. The molecule has 0 saturated heterocycles. The zero-order valence-electron chi connectivity index (χ0n) is 12.6. The van der Waals surface area contributed by atoms with Crippen molar-refractivity contribution >= 4 is 17.8 Å². The number of aryl methyl sites for hydroxylation is 1. The summed E-state index contributed by atoms with van der Waals surface area (Å²) in [6.45, 7) is 1.76. The smallest absolute Gasteiger partial charge is 0.269 e. The van der Waals surface area contributed by atoms with Crippen LogP contribution in [0.5, 0.6) is 11.5 Å². The number of non-ortho nitro benzene ring substituents is 1. The highest BCUT2D eigenvalue weighted by molar-refractivity contribution is 5.59. The molecule has 0 amide bonds. The van der Waals surface area contributed by atoms with Crippen molar-refractivity contribution in [2.45, 2.75) is 6.92 Å². The van der Waals surface area contributed by atoms with Crippen LogP contribution in [0.25, 0.3) is 0 Å². The van der Waals surface area contributed by atoms with Gasteiger partial charge in [0.25, 0.3) is 5.69 Å². The average molecular weight is 300 g/mol. The fraction of sp³-hybridized carbons (Fsp3) is 0.200. The second-order valence-electron chi connectivity index (χ2n) is 4.87. The van der Waals surface area contributed by atoms with E-state index < -0.39 is 4.92 Å². The maximum Gasteiger partial charge on any atom is 0.269 e. The largest absolute Gasteiger partial charge is 0.457 e. The highest BCUT2D eigenvalue weighted by Gasteiger charge is 2.09. The Morgan fingerprint density at radius 2 is 2.09 bits per heavy atom. The highest BCUT2D eigenvalue weighted by Crippen LogP contribution is 2.29. The number of aromatic nitrogens is 1. The lowest BCUT2D eigenvalue weighted by molar-refractivity contribution is -0.384. The Morgan fingerprint density at radius 3 is 2.73 bits per heavy atom. The van der Waals surface area contributed by atoms with Gasteiger partial charge in [0.05, 0.1) is 11.3 Å². The Morgan fingerprint density at radius 1 is 1.32 bits per heavy atom. The Kier molecular flexibility index (Phi) is 4.67. The SMILES string of the molecule is Cc1cc([N+](=O)[O-])ccc1Oc1ccnc(N=CN(C)C)c1. The van der Waals surface area contributed by atoms with Crippen molar-refractivity contribution in [2.24, 2.45) is 4.99 Å². The highest BCUT2D eigenvalue weighted by atomic mass is 16.6. The fourth-order valence-corrected chi connectivity index (χ4v) is 1.70. The van der Waals surface area contributed by atoms with Crippen LogP contribution in [0.15, 0.2) is 41.5 Å². The molecule has 1 aromatic heterocycles. The summed E-state index contributed by atoms with van der Waals surface area (Å²) < 4.78 is 5.74. The number of benzene rings is 1. The Labute approximate surface area is 128 Å². The number of nitrogens with zero attached hydrogens (tertiary/aromatic N) is 4. The van der Waals surface area contributed by atoms with Crippen molar-refractivity contribution in [1.82, 2.24) is 9.88 Å². The van der Waals surface area contributed by atoms with E-state index in [1.807, 2.05) is 14.1 Å². The van der Waals surface area contributed by atoms with E-state index in [-0.39, 0.29) is 5.69 Å². The van der Waals surface area contributed by atoms with Crippen LogP contribution in [0.3, 0.4) is 0 Å². The first kappa shape index (κ1) is 15.4. The van der Waals surface area contributed by atoms with Crippen LogP contribution in [0.4, 0.5) is 11.5 Å². The molecule has 7 nitrogen and oxygen atoms in total. The van der Waals surface area contributed by atoms with E-state index in [0.717, 1.165) is 0 Å². The number of hydrogen-bond acceptors (Lipinski definition) is 5. The molecule has 1 aromatic carbocycles. The molecular weight excluding hydrogens is 284 g/mol. The molecule has 0 spiro atoms. The number of ether oxygens (including phenoxy) is 1. The molecule has 7 heteroatoms. The summed E-state index contributed by atoms with van der Waals surface area (Å²) in [5, 5.41) is 10.7. The van der Waals surface area contributed by atoms with E-state index in [1.165, 1.54) is 12.1 Å². The van der Waals surface area contributed by atoms with Crippen molar-refractivity contribution in [2.75, 3.05) is 14.1 Å². The third-order valence-corrected chi connectivity index (χ3v) is 2.74. The first-order chi connectivity index (χ1) is 10.5. The maximum absolute atomic E-state index is 10.7. The molecule has 0 unspecified atom stereocenters. The zero-order valence-corrected chi connectivity index (χ0v) is 12.6. The van der Waals surface area contributed by atoms with Gasteiger partial charge in [-0.1, -0.05) is 0 Å². The quantitative estimate of drug-likeness (QED) is 0.366. The predicted octanol–water partition coefficient (Wildman–Crippen LogP) is 3.31. The number of aliphatic imine (C=N–C) groups is 1. The topological polar surface area (TPSA) is 80.9 Å². The minimum Gasteiger partial charge on any atom is -0.457 e. The van der Waals surface area contributed by atoms with Crippen LogP contribution in [-0.2, 0) is 0 Å². The van der Waals surface area contributed by atoms with Gasteiger partial charge in [-0.2, -0.15) is 0 Å². The number of pyridine rings is 1. The van der Waals surface area contributed by atoms with Crippen molar-refractivity contribution in [3.05, 3.63) is 52.2 Å². The van der Waals surface area contributed by atoms with Gasteiger partial charge in [0.2, 0.25) is 0 Å². The summed E-state index contributed by atoms with van der Waals surface area (Å²) in [6, 6.07) is 7.86. The monoisotopic (exact) mass is 300 g/mol. The second-order valence-corrected chi connectivity index (χ2v) is 4.87. The zero-order chi connectivity index (χ0) is 16.1. The minimum absolute atomic E-state index is 0.0378. The minimum atomic E-state index is -0.433. The van der Waals surface area contributed by atoms with Crippen molar-refractivity contribution in [1.29, 1.82) is 0 Å². The van der Waals surface area contributed by atoms with Crippen LogP contribution in [0.1, 0.15) is 5.56 Å². The van der Waals surface area contributed by atoms with Crippen LogP contribution in [0.2, 0.25) is 0 Å². The van der Waals surface area contributed by atoms with E-state index >= 15 is 0 Å². The van der Waals surface area contributed by atoms with E-state index in [2.05, 4.69) is 9.98 Å². The summed E-state index contributed by atoms with van der Waals surface area (Å²) in [7, 11) is 3.73. The first-order valence-corrected chi connectivity index (χ1v) is 6.55. The van der Waals surface area contributed by atoms with Gasteiger partial charge in [-0.3, -0.25) is 10.1 Å². The van der Waals surface area contributed by atoms with Crippen LogP contribution in [0, 0.1) is 17.0 Å². The first-order valence-electron chi connectivity index (χ1n) is 6.55. The van der Waals surface area contributed by atoms with Gasteiger partial charge in [-0.05, 0) is 24.6 Å². The number of rotatable bonds is 5. The molecule has 0 aliphatic carbocycles. The molecule has 0 aliphatic rings. The van der Waals surface area contributed by atoms with Gasteiger partial charge in [-0.15, -0.1) is 0 Å². The molecule has 22 heavy (non-hydrogen) atoms. The maximum atomic E-state index is 10.7. The predicted molar refractivity (Wildman–Crippen MR) is 84.0 cm³/mol. The number of nitro groups is 1. The summed E-state index contributed by atoms with van der Waals surface area (Å²) in [5.74, 6) is 1.64. The normalized spacial score (nSPS) is 10.7. The molecule has 0 radical (unpaired) electrons. The fourth-order valence-electron chi connectivity index (χ4n) is 1.70. The van der Waals surface area contributed by atoms with Gasteiger partial charge in [0.15, 0.2) is 5.82 Å². The number of nitro benzene ring substituents is 1. The molecule has 2 aromatic rings. The summed E-state index contributed by atoms with van der Waals surface area (Å²) in [5.41, 5.74) is 0.722. The molecule has 114 valence electrons. The number of hydrogen-bond donors (Lipinski definition) is 0. The molecule has 0 fully saturated rings. The summed E-state index contributed by atoms with van der Waals surface area (Å²) >= 11 is 0. The molecule has 0 N–H and O–H groups in total. The van der Waals surface area contributed by atoms with Gasteiger partial charge < -0.3 is 9.64 Å². The molecule has 0 saturated carbocycles. The second kappa shape index (κ2) is 6.66. The van der Waals surface area contributed by atoms with Gasteiger partial charge in [0, 0.05) is 38.5 Å². The molecule has 0 bridgehead atoms. The standard InChI is InChI=1S/C15H16N4O3/c1-11-8-12(19(20)21)4-5-14(11)22-13-6-7-16-15(9-13)17-10-18(2)3/h4-10H,1-3H3. The van der Waals surface area contributed by atoms with Crippen molar-refractivity contribution < 1.29 is 9.66 Å². The molecular formula is C15H16N4O3. The Balaban J connectivity index is 2.20. The van der Waals surface area contributed by atoms with Crippen LogP contribution in [-0.4, -0.2) is 35.2 Å². The van der Waals surface area contributed by atoms with Crippen molar-refractivity contribution in [3.63, 3.8) is 0 Å². The lowest BCUT2D eigenvalue weighted by Gasteiger charge is -2.09.